The number of aryl methyl sites for hydroxylation is 1. The summed E-state index contributed by atoms with van der Waals surface area (Å²) in [5.41, 5.74) is 3.47. The first kappa shape index (κ1) is 22.9. The zero-order valence-electron chi connectivity index (χ0n) is 20.3. The van der Waals surface area contributed by atoms with Gasteiger partial charge in [0.15, 0.2) is 0 Å². The molecule has 1 fully saturated rings. The van der Waals surface area contributed by atoms with E-state index in [1.54, 1.807) is 17.9 Å². The van der Waals surface area contributed by atoms with Gasteiger partial charge in [-0.05, 0) is 68.2 Å². The summed E-state index contributed by atoms with van der Waals surface area (Å²) in [5, 5.41) is 12.9. The number of piperidine rings is 1. The smallest absolute Gasteiger partial charge is 0.251 e. The number of ether oxygens (including phenoxy) is 1. The first-order valence-corrected chi connectivity index (χ1v) is 11.8. The molecule has 0 bridgehead atoms. The number of hydrogen-bond acceptors (Lipinski definition) is 6. The van der Waals surface area contributed by atoms with Gasteiger partial charge in [0.1, 0.15) is 11.6 Å². The molecule has 1 aliphatic rings. The topological polar surface area (TPSA) is 84.3 Å². The molecule has 4 aromatic rings. The van der Waals surface area contributed by atoms with Crippen molar-refractivity contribution in [2.45, 2.75) is 18.9 Å². The first-order chi connectivity index (χ1) is 17.0. The Morgan fingerprint density at radius 1 is 1.09 bits per heavy atom. The maximum atomic E-state index is 12.8. The van der Waals surface area contributed by atoms with E-state index in [0.29, 0.717) is 17.1 Å². The van der Waals surface area contributed by atoms with Crippen LogP contribution in [0.1, 0.15) is 23.2 Å². The molecule has 1 amide bonds. The molecule has 1 saturated heterocycles. The van der Waals surface area contributed by atoms with Gasteiger partial charge in [0, 0.05) is 42.0 Å². The molecule has 0 aliphatic carbocycles. The van der Waals surface area contributed by atoms with E-state index in [1.807, 2.05) is 56.0 Å². The number of fused-ring (bicyclic) bond motifs is 1. The van der Waals surface area contributed by atoms with Gasteiger partial charge < -0.3 is 20.3 Å². The minimum absolute atomic E-state index is 0.0747. The number of nitrogens with one attached hydrogen (secondary N) is 2. The predicted octanol–water partition coefficient (Wildman–Crippen LogP) is 4.21. The van der Waals surface area contributed by atoms with Crippen molar-refractivity contribution in [3.63, 3.8) is 0 Å². The second kappa shape index (κ2) is 9.76. The van der Waals surface area contributed by atoms with Crippen LogP contribution in [0.25, 0.3) is 21.9 Å². The summed E-state index contributed by atoms with van der Waals surface area (Å²) >= 11 is 0. The van der Waals surface area contributed by atoms with Crippen LogP contribution in [0, 0.1) is 0 Å². The predicted molar refractivity (Wildman–Crippen MR) is 138 cm³/mol. The second-order valence-corrected chi connectivity index (χ2v) is 9.09. The van der Waals surface area contributed by atoms with E-state index < -0.39 is 0 Å². The number of rotatable bonds is 6. The summed E-state index contributed by atoms with van der Waals surface area (Å²) < 4.78 is 7.40. The third-order valence-electron chi connectivity index (χ3n) is 6.56. The van der Waals surface area contributed by atoms with Gasteiger partial charge in [-0.25, -0.2) is 4.98 Å². The van der Waals surface area contributed by atoms with Crippen LogP contribution in [0.15, 0.2) is 61.1 Å². The van der Waals surface area contributed by atoms with Crippen LogP contribution in [0.2, 0.25) is 0 Å². The summed E-state index contributed by atoms with van der Waals surface area (Å²) in [5.74, 6) is 1.20. The van der Waals surface area contributed by atoms with Crippen LogP contribution < -0.4 is 15.4 Å². The summed E-state index contributed by atoms with van der Waals surface area (Å²) in [6.45, 7) is 2.00. The number of methoxy groups -OCH3 is 1. The number of likely N-dealkylation sites (tertiary alicyclic amines) is 1. The van der Waals surface area contributed by atoms with Gasteiger partial charge in [0.2, 0.25) is 0 Å². The lowest BCUT2D eigenvalue weighted by atomic mass is 10.0. The number of aromatic nitrogens is 3. The highest BCUT2D eigenvalue weighted by molar-refractivity contribution is 5.98. The molecule has 2 aromatic heterocycles. The number of nitrogens with zero attached hydrogens (tertiary/aromatic N) is 4. The molecule has 0 saturated carbocycles. The Kier molecular flexibility index (Phi) is 6.37. The Hall–Kier alpha value is -3.91. The molecular formula is C27H30N6O2. The lowest BCUT2D eigenvalue weighted by Crippen LogP contribution is -2.43. The molecule has 0 spiro atoms. The van der Waals surface area contributed by atoms with Crippen molar-refractivity contribution >= 4 is 28.2 Å². The zero-order valence-corrected chi connectivity index (χ0v) is 20.3. The van der Waals surface area contributed by atoms with Crippen LogP contribution in [0.4, 0.5) is 11.5 Å². The molecule has 180 valence electrons. The van der Waals surface area contributed by atoms with Gasteiger partial charge in [0.05, 0.1) is 19.0 Å². The number of amides is 1. The fraction of sp³-hybridized carbons (Fsp3) is 0.296. The largest absolute Gasteiger partial charge is 0.495 e. The fourth-order valence-electron chi connectivity index (χ4n) is 4.55. The molecule has 8 nitrogen and oxygen atoms in total. The van der Waals surface area contributed by atoms with Crippen LogP contribution in [0.3, 0.4) is 0 Å². The molecular weight excluding hydrogens is 440 g/mol. The molecule has 5 rings (SSSR count). The van der Waals surface area contributed by atoms with Gasteiger partial charge in [-0.15, -0.1) is 0 Å². The minimum Gasteiger partial charge on any atom is -0.495 e. The van der Waals surface area contributed by atoms with Gasteiger partial charge in [-0.2, -0.15) is 5.10 Å². The summed E-state index contributed by atoms with van der Waals surface area (Å²) in [4.78, 5) is 19.7. The summed E-state index contributed by atoms with van der Waals surface area (Å²) in [6, 6.07) is 13.8. The highest BCUT2D eigenvalue weighted by Crippen LogP contribution is 2.32. The standard InChI is InChI=1S/C27H30N6O2/c1-32-11-9-21(10-12-32)30-27(34)18-7-8-24(25(13-18)35-3)31-26-14-23-19(15-28-26)5-4-6-22(23)20-16-29-33(2)17-20/h4-8,13-17,21H,9-12H2,1-3H3,(H,28,31)(H,30,34). The number of anilines is 2. The first-order valence-electron chi connectivity index (χ1n) is 11.8. The second-order valence-electron chi connectivity index (χ2n) is 9.09. The lowest BCUT2D eigenvalue weighted by Gasteiger charge is -2.29. The van der Waals surface area contributed by atoms with Gasteiger partial charge in [-0.3, -0.25) is 9.48 Å². The number of benzene rings is 2. The fourth-order valence-corrected chi connectivity index (χ4v) is 4.55. The van der Waals surface area contributed by atoms with Crippen molar-refractivity contribution in [2.75, 3.05) is 32.6 Å². The monoisotopic (exact) mass is 470 g/mol. The van der Waals surface area contributed by atoms with Crippen LogP contribution in [0.5, 0.6) is 5.75 Å². The highest BCUT2D eigenvalue weighted by atomic mass is 16.5. The molecule has 1 aliphatic heterocycles. The number of carbonyl (C=O) groups excluding carboxylic acids is 1. The lowest BCUT2D eigenvalue weighted by molar-refractivity contribution is 0.0916. The van der Waals surface area contributed by atoms with Crippen molar-refractivity contribution < 1.29 is 9.53 Å². The van der Waals surface area contributed by atoms with Crippen molar-refractivity contribution in [1.29, 1.82) is 0 Å². The third-order valence-corrected chi connectivity index (χ3v) is 6.56. The Labute approximate surface area is 204 Å². The van der Waals surface area contributed by atoms with Crippen molar-refractivity contribution in [1.82, 2.24) is 25.0 Å². The molecule has 35 heavy (non-hydrogen) atoms. The van der Waals surface area contributed by atoms with Crippen LogP contribution in [-0.4, -0.2) is 58.9 Å². The number of hydrogen-bond donors (Lipinski definition) is 2. The van der Waals surface area contributed by atoms with E-state index in [1.165, 1.54) is 0 Å². The normalized spacial score (nSPS) is 14.7. The molecule has 0 radical (unpaired) electrons. The summed E-state index contributed by atoms with van der Waals surface area (Å²) in [6.07, 6.45) is 7.65. The average molecular weight is 471 g/mol. The molecule has 2 aromatic carbocycles. The molecule has 8 heteroatoms. The molecule has 0 unspecified atom stereocenters. The molecule has 2 N–H and O–H groups in total. The van der Waals surface area contributed by atoms with Crippen molar-refractivity contribution in [2.24, 2.45) is 7.05 Å². The Morgan fingerprint density at radius 3 is 2.66 bits per heavy atom. The van der Waals surface area contributed by atoms with Gasteiger partial charge in [-0.1, -0.05) is 18.2 Å². The number of carbonyl (C=O) groups is 1. The maximum absolute atomic E-state index is 12.8. The average Bonchev–Trinajstić information content (AvgIpc) is 3.31. The van der Waals surface area contributed by atoms with Crippen molar-refractivity contribution in [3.8, 4) is 16.9 Å². The van der Waals surface area contributed by atoms with E-state index in [9.17, 15) is 4.79 Å². The third kappa shape index (κ3) is 4.97. The SMILES string of the molecule is COc1cc(C(=O)NC2CCN(C)CC2)ccc1Nc1cc2c(-c3cnn(C)c3)cccc2cn1. The Bertz CT molecular complexity index is 1360. The Morgan fingerprint density at radius 2 is 1.91 bits per heavy atom. The van der Waals surface area contributed by atoms with E-state index in [-0.39, 0.29) is 11.9 Å². The maximum Gasteiger partial charge on any atom is 0.251 e. The summed E-state index contributed by atoms with van der Waals surface area (Å²) in [7, 11) is 5.62. The van der Waals surface area contributed by atoms with Crippen LogP contribution in [-0.2, 0) is 7.05 Å². The van der Waals surface area contributed by atoms with Crippen molar-refractivity contribution in [3.05, 3.63) is 66.6 Å². The molecule has 0 atom stereocenters. The highest BCUT2D eigenvalue weighted by Gasteiger charge is 2.20. The zero-order chi connectivity index (χ0) is 24.4. The number of pyridine rings is 1. The van der Waals surface area contributed by atoms with E-state index in [2.05, 4.69) is 38.7 Å². The van der Waals surface area contributed by atoms with E-state index in [0.717, 1.165) is 53.5 Å². The minimum atomic E-state index is -0.0747. The van der Waals surface area contributed by atoms with Gasteiger partial charge in [0.25, 0.3) is 5.91 Å². The van der Waals surface area contributed by atoms with Crippen LogP contribution >= 0.6 is 0 Å². The van der Waals surface area contributed by atoms with E-state index in [4.69, 9.17) is 4.74 Å². The molecule has 3 heterocycles. The quantitative estimate of drug-likeness (QED) is 0.439. The van der Waals surface area contributed by atoms with E-state index >= 15 is 0 Å². The Balaban J connectivity index is 1.37. The van der Waals surface area contributed by atoms with Gasteiger partial charge >= 0.3 is 0 Å².